The molecule has 1 aromatic carbocycles. The summed E-state index contributed by atoms with van der Waals surface area (Å²) in [4.78, 5) is 12.6. The van der Waals surface area contributed by atoms with Crippen LogP contribution in [0, 0.1) is 5.92 Å². The van der Waals surface area contributed by atoms with Gasteiger partial charge in [-0.2, -0.15) is 0 Å². The fourth-order valence-electron chi connectivity index (χ4n) is 2.06. The zero-order chi connectivity index (χ0) is 17.3. The molecule has 0 aliphatic heterocycles. The number of halogens is 1. The van der Waals surface area contributed by atoms with E-state index in [9.17, 15) is 13.2 Å². The molecule has 1 aromatic rings. The van der Waals surface area contributed by atoms with Gasteiger partial charge in [-0.1, -0.05) is 19.9 Å². The van der Waals surface area contributed by atoms with Crippen molar-refractivity contribution in [3.8, 4) is 0 Å². The topological polar surface area (TPSA) is 101 Å². The lowest BCUT2D eigenvalue weighted by atomic mass is 9.88. The smallest absolute Gasteiger partial charge is 0.251 e. The monoisotopic (exact) mass is 375 g/mol. The van der Waals surface area contributed by atoms with E-state index in [1.807, 2.05) is 20.8 Å². The molecule has 2 rings (SSSR count). The highest BCUT2D eigenvalue weighted by Crippen LogP contribution is 2.23. The van der Waals surface area contributed by atoms with Gasteiger partial charge in [-0.3, -0.25) is 4.79 Å². The van der Waals surface area contributed by atoms with Crippen molar-refractivity contribution in [1.82, 2.24) is 10.0 Å². The van der Waals surface area contributed by atoms with Crippen molar-refractivity contribution in [1.29, 1.82) is 0 Å². The first kappa shape index (κ1) is 20.9. The quantitative estimate of drug-likeness (QED) is 0.674. The second-order valence-electron chi connectivity index (χ2n) is 6.65. The summed E-state index contributed by atoms with van der Waals surface area (Å²) in [7, 11) is -3.57. The highest BCUT2D eigenvalue weighted by atomic mass is 35.5. The Hall–Kier alpha value is -1.15. The van der Waals surface area contributed by atoms with Crippen LogP contribution in [0.5, 0.6) is 0 Å². The Balaban J connectivity index is 0.00000288. The molecule has 1 atom stereocenters. The zero-order valence-electron chi connectivity index (χ0n) is 14.2. The van der Waals surface area contributed by atoms with Crippen LogP contribution in [0.3, 0.4) is 0 Å². The number of hydrogen-bond acceptors (Lipinski definition) is 4. The van der Waals surface area contributed by atoms with E-state index in [0.29, 0.717) is 12.1 Å². The van der Waals surface area contributed by atoms with Gasteiger partial charge in [0.2, 0.25) is 10.0 Å². The second-order valence-corrected chi connectivity index (χ2v) is 8.37. The van der Waals surface area contributed by atoms with E-state index >= 15 is 0 Å². The van der Waals surface area contributed by atoms with E-state index in [4.69, 9.17) is 5.73 Å². The van der Waals surface area contributed by atoms with Gasteiger partial charge in [0.25, 0.3) is 5.91 Å². The lowest BCUT2D eigenvalue weighted by molar-refractivity contribution is 0.0883. The number of rotatable bonds is 7. The standard InChI is InChI=1S/C16H25N3O3S.ClH/c1-11(2)16(3,10-17)18-15(20)12-5-4-6-14(9-12)23(21,22)19-13-7-8-13;/h4-6,9,11,13,19H,7-8,10,17H2,1-3H3,(H,18,20);1H. The van der Waals surface area contributed by atoms with E-state index in [2.05, 4.69) is 10.0 Å². The molecule has 4 N–H and O–H groups in total. The van der Waals surface area contributed by atoms with Crippen molar-refractivity contribution in [2.45, 2.75) is 50.1 Å². The number of hydrogen-bond donors (Lipinski definition) is 3. The Morgan fingerprint density at radius 1 is 1.38 bits per heavy atom. The molecular formula is C16H26ClN3O3S. The number of carbonyl (C=O) groups excluding carboxylic acids is 1. The van der Waals surface area contributed by atoms with Crippen molar-refractivity contribution >= 4 is 28.3 Å². The Labute approximate surface area is 150 Å². The van der Waals surface area contributed by atoms with Crippen molar-refractivity contribution in [3.05, 3.63) is 29.8 Å². The van der Waals surface area contributed by atoms with Crippen molar-refractivity contribution < 1.29 is 13.2 Å². The first-order valence-electron chi connectivity index (χ1n) is 7.83. The van der Waals surface area contributed by atoms with E-state index in [-0.39, 0.29) is 35.2 Å². The summed E-state index contributed by atoms with van der Waals surface area (Å²) in [5.74, 6) is -0.171. The minimum Gasteiger partial charge on any atom is -0.345 e. The van der Waals surface area contributed by atoms with Crippen LogP contribution in [0.15, 0.2) is 29.2 Å². The molecule has 0 spiro atoms. The fraction of sp³-hybridized carbons (Fsp3) is 0.562. The number of nitrogens with two attached hydrogens (primary N) is 1. The average molecular weight is 376 g/mol. The van der Waals surface area contributed by atoms with Crippen molar-refractivity contribution in [2.24, 2.45) is 11.7 Å². The maximum Gasteiger partial charge on any atom is 0.251 e. The van der Waals surface area contributed by atoms with Crippen LogP contribution < -0.4 is 15.8 Å². The highest BCUT2D eigenvalue weighted by Gasteiger charge is 2.30. The second kappa shape index (κ2) is 7.82. The van der Waals surface area contributed by atoms with Crippen molar-refractivity contribution in [3.63, 3.8) is 0 Å². The third-order valence-corrected chi connectivity index (χ3v) is 5.92. The molecule has 0 aromatic heterocycles. The summed E-state index contributed by atoms with van der Waals surface area (Å²) in [5.41, 5.74) is 5.54. The van der Waals surface area contributed by atoms with Gasteiger partial charge >= 0.3 is 0 Å². The minimum absolute atomic E-state index is 0. The number of carbonyl (C=O) groups is 1. The van der Waals surface area contributed by atoms with Crippen LogP contribution in [-0.2, 0) is 10.0 Å². The molecule has 1 amide bonds. The number of sulfonamides is 1. The molecule has 6 nitrogen and oxygen atoms in total. The minimum atomic E-state index is -3.57. The van der Waals surface area contributed by atoms with Gasteiger partial charge in [0.1, 0.15) is 0 Å². The van der Waals surface area contributed by atoms with E-state index in [1.165, 1.54) is 12.1 Å². The average Bonchev–Trinajstić information content (AvgIpc) is 3.30. The van der Waals surface area contributed by atoms with Gasteiger partial charge in [-0.05, 0) is 43.9 Å². The van der Waals surface area contributed by atoms with Crippen LogP contribution >= 0.6 is 12.4 Å². The molecule has 1 aliphatic carbocycles. The van der Waals surface area contributed by atoms with Crippen LogP contribution in [0.25, 0.3) is 0 Å². The normalized spacial score (nSPS) is 17.0. The molecular weight excluding hydrogens is 350 g/mol. The molecule has 1 saturated carbocycles. The summed E-state index contributed by atoms with van der Waals surface area (Å²) >= 11 is 0. The molecule has 1 unspecified atom stereocenters. The molecule has 0 radical (unpaired) electrons. The van der Waals surface area contributed by atoms with Crippen LogP contribution in [0.4, 0.5) is 0 Å². The van der Waals surface area contributed by atoms with Gasteiger partial charge in [-0.25, -0.2) is 13.1 Å². The largest absolute Gasteiger partial charge is 0.345 e. The summed E-state index contributed by atoms with van der Waals surface area (Å²) in [6, 6.07) is 6.09. The molecule has 1 aliphatic rings. The molecule has 0 heterocycles. The first-order valence-corrected chi connectivity index (χ1v) is 9.31. The van der Waals surface area contributed by atoms with Gasteiger partial charge in [-0.15, -0.1) is 12.4 Å². The molecule has 24 heavy (non-hydrogen) atoms. The highest BCUT2D eigenvalue weighted by molar-refractivity contribution is 7.89. The predicted molar refractivity (Wildman–Crippen MR) is 96.8 cm³/mol. The molecule has 0 bridgehead atoms. The van der Waals surface area contributed by atoms with E-state index in [0.717, 1.165) is 12.8 Å². The van der Waals surface area contributed by atoms with Crippen LogP contribution in [-0.4, -0.2) is 32.5 Å². The van der Waals surface area contributed by atoms with Crippen molar-refractivity contribution in [2.75, 3.05) is 6.54 Å². The summed E-state index contributed by atoms with van der Waals surface area (Å²) in [6.45, 7) is 6.14. The fourth-order valence-corrected chi connectivity index (χ4v) is 3.41. The third-order valence-electron chi connectivity index (χ3n) is 4.40. The number of nitrogens with one attached hydrogen (secondary N) is 2. The van der Waals surface area contributed by atoms with Gasteiger partial charge in [0.15, 0.2) is 0 Å². The lowest BCUT2D eigenvalue weighted by Gasteiger charge is -2.33. The number of benzene rings is 1. The molecule has 136 valence electrons. The summed E-state index contributed by atoms with van der Waals surface area (Å²) in [6.07, 6.45) is 1.73. The summed E-state index contributed by atoms with van der Waals surface area (Å²) in [5, 5.41) is 2.91. The maximum atomic E-state index is 12.5. The predicted octanol–water partition coefficient (Wildman–Crippen LogP) is 1.65. The molecule has 1 fully saturated rings. The van der Waals surface area contributed by atoms with Gasteiger partial charge in [0, 0.05) is 18.2 Å². The lowest BCUT2D eigenvalue weighted by Crippen LogP contribution is -2.55. The zero-order valence-corrected chi connectivity index (χ0v) is 15.8. The Kier molecular flexibility index (Phi) is 6.81. The van der Waals surface area contributed by atoms with Crippen LogP contribution in [0.1, 0.15) is 44.0 Å². The van der Waals surface area contributed by atoms with Crippen LogP contribution in [0.2, 0.25) is 0 Å². The van der Waals surface area contributed by atoms with E-state index in [1.54, 1.807) is 12.1 Å². The SMILES string of the molecule is CC(C)C(C)(CN)NC(=O)c1cccc(S(=O)(=O)NC2CC2)c1.Cl. The van der Waals surface area contributed by atoms with E-state index < -0.39 is 15.6 Å². The Morgan fingerprint density at radius 3 is 2.50 bits per heavy atom. The first-order chi connectivity index (χ1) is 10.7. The molecule has 0 saturated heterocycles. The summed E-state index contributed by atoms with van der Waals surface area (Å²) < 4.78 is 27.1. The Bertz CT molecular complexity index is 690. The van der Waals surface area contributed by atoms with Gasteiger partial charge < -0.3 is 11.1 Å². The van der Waals surface area contributed by atoms with Gasteiger partial charge in [0.05, 0.1) is 10.4 Å². The maximum absolute atomic E-state index is 12.5. The molecule has 8 heteroatoms. The number of amides is 1. The Morgan fingerprint density at radius 2 is 2.00 bits per heavy atom. The third kappa shape index (κ3) is 4.92.